The smallest absolute Gasteiger partial charge is 0.0715 e. The molecule has 0 saturated heterocycles. The lowest BCUT2D eigenvalue weighted by Gasteiger charge is -2.21. The summed E-state index contributed by atoms with van der Waals surface area (Å²) in [6.45, 7) is 0. The van der Waals surface area contributed by atoms with Crippen molar-refractivity contribution in [3.63, 3.8) is 0 Å². The van der Waals surface area contributed by atoms with E-state index in [1.807, 2.05) is 23.9 Å². The van der Waals surface area contributed by atoms with Crippen LogP contribution in [0.5, 0.6) is 0 Å². The first-order valence-electron chi connectivity index (χ1n) is 20.4. The van der Waals surface area contributed by atoms with Crippen molar-refractivity contribution >= 4 is 44.3 Å². The molecule has 0 bridgehead atoms. The summed E-state index contributed by atoms with van der Waals surface area (Å²) in [6, 6.07) is 79.3. The van der Waals surface area contributed by atoms with Crippen LogP contribution in [0, 0.1) is 0 Å². The molecule has 60 heavy (non-hydrogen) atoms. The average molecular weight is 781 g/mol. The predicted octanol–water partition coefficient (Wildman–Crippen LogP) is 15.8. The van der Waals surface area contributed by atoms with E-state index >= 15 is 0 Å². The lowest BCUT2D eigenvalue weighted by atomic mass is 9.94. The molecular formula is C57H36N2S. The van der Waals surface area contributed by atoms with E-state index in [0.717, 1.165) is 39.3 Å². The zero-order valence-electron chi connectivity index (χ0n) is 32.6. The number of rotatable bonds is 6. The second kappa shape index (κ2) is 14.1. The molecule has 9 aromatic carbocycles. The van der Waals surface area contributed by atoms with E-state index in [1.54, 1.807) is 0 Å². The summed E-state index contributed by atoms with van der Waals surface area (Å²) in [5, 5.41) is 5.15. The summed E-state index contributed by atoms with van der Waals surface area (Å²) in [5.41, 5.74) is 17.4. The monoisotopic (exact) mass is 780 g/mol. The molecule has 1 aliphatic heterocycles. The molecule has 1 aliphatic rings. The lowest BCUT2D eigenvalue weighted by Crippen LogP contribution is -1.95. The molecule has 0 unspecified atom stereocenters. The number of hydrogen-bond acceptors (Lipinski definition) is 2. The van der Waals surface area contributed by atoms with Gasteiger partial charge in [-0.1, -0.05) is 169 Å². The molecule has 0 N–H and O–H groups in total. The molecular weight excluding hydrogens is 745 g/mol. The number of hydrogen-bond donors (Lipinski definition) is 0. The third-order valence-electron chi connectivity index (χ3n) is 12.0. The molecule has 3 heteroatoms. The van der Waals surface area contributed by atoms with Gasteiger partial charge < -0.3 is 4.57 Å². The van der Waals surface area contributed by atoms with Gasteiger partial charge in [0.05, 0.1) is 22.4 Å². The van der Waals surface area contributed by atoms with Crippen molar-refractivity contribution in [1.82, 2.24) is 9.55 Å². The van der Waals surface area contributed by atoms with Gasteiger partial charge in [-0.25, -0.2) is 4.98 Å². The van der Waals surface area contributed by atoms with Crippen LogP contribution in [0.25, 0.3) is 105 Å². The van der Waals surface area contributed by atoms with E-state index < -0.39 is 0 Å². The van der Waals surface area contributed by atoms with E-state index in [-0.39, 0.29) is 0 Å². The number of fused-ring (bicyclic) bond motifs is 5. The predicted molar refractivity (Wildman–Crippen MR) is 253 cm³/mol. The van der Waals surface area contributed by atoms with Crippen molar-refractivity contribution in [1.29, 1.82) is 0 Å². The minimum Gasteiger partial charge on any atom is -0.309 e. The van der Waals surface area contributed by atoms with Crippen LogP contribution in [-0.2, 0) is 0 Å². The Labute approximate surface area is 353 Å². The molecule has 0 aliphatic carbocycles. The summed E-state index contributed by atoms with van der Waals surface area (Å²) in [6.07, 6.45) is 0. The van der Waals surface area contributed by atoms with E-state index in [2.05, 4.69) is 211 Å². The maximum atomic E-state index is 5.09. The molecule has 280 valence electrons. The number of para-hydroxylation sites is 1. The van der Waals surface area contributed by atoms with Crippen LogP contribution in [0.4, 0.5) is 0 Å². The highest BCUT2D eigenvalue weighted by Crippen LogP contribution is 2.49. The maximum Gasteiger partial charge on any atom is 0.0715 e. The van der Waals surface area contributed by atoms with Gasteiger partial charge in [-0.15, -0.1) is 0 Å². The van der Waals surface area contributed by atoms with Crippen molar-refractivity contribution in [3.05, 3.63) is 218 Å². The molecule has 0 atom stereocenters. The van der Waals surface area contributed by atoms with E-state index in [4.69, 9.17) is 4.98 Å². The second-order valence-electron chi connectivity index (χ2n) is 15.5. The SMILES string of the molecule is c1ccc(-c2cc(-c3ccc(-c4cccc(-n5c6ccccc6c6cc(-c7ccc8c(c7)-c7cccc9cccc(c79)S8)ccc65)c4)cc3)cc(-c3ccccc3)n2)cc1. The van der Waals surface area contributed by atoms with Crippen LogP contribution in [0.2, 0.25) is 0 Å². The number of nitrogens with zero attached hydrogens (tertiary/aromatic N) is 2. The van der Waals surface area contributed by atoms with Gasteiger partial charge in [0.2, 0.25) is 0 Å². The number of aromatic nitrogens is 2. The van der Waals surface area contributed by atoms with Gasteiger partial charge in [0, 0.05) is 42.8 Å². The minimum atomic E-state index is 0.966. The molecule has 3 heterocycles. The normalized spacial score (nSPS) is 11.9. The fraction of sp³-hybridized carbons (Fsp3) is 0. The Morgan fingerprint density at radius 3 is 1.68 bits per heavy atom. The Bertz CT molecular complexity index is 3380. The zero-order chi connectivity index (χ0) is 39.6. The Hall–Kier alpha value is -7.46. The second-order valence-corrected chi connectivity index (χ2v) is 16.6. The quantitative estimate of drug-likeness (QED) is 0.167. The van der Waals surface area contributed by atoms with Gasteiger partial charge >= 0.3 is 0 Å². The van der Waals surface area contributed by atoms with Crippen molar-refractivity contribution in [2.45, 2.75) is 9.79 Å². The van der Waals surface area contributed by atoms with Gasteiger partial charge in [0.15, 0.2) is 0 Å². The van der Waals surface area contributed by atoms with Crippen LogP contribution in [0.1, 0.15) is 0 Å². The third-order valence-corrected chi connectivity index (χ3v) is 13.1. The van der Waals surface area contributed by atoms with Gasteiger partial charge in [0.1, 0.15) is 0 Å². The highest BCUT2D eigenvalue weighted by molar-refractivity contribution is 7.99. The van der Waals surface area contributed by atoms with Gasteiger partial charge in [-0.05, 0) is 111 Å². The molecule has 2 aromatic heterocycles. The zero-order valence-corrected chi connectivity index (χ0v) is 33.4. The Morgan fingerprint density at radius 1 is 0.333 bits per heavy atom. The number of pyridine rings is 1. The molecule has 0 radical (unpaired) electrons. The summed E-state index contributed by atoms with van der Waals surface area (Å²) in [7, 11) is 0. The standard InChI is InChI=1S/C57H36N2S/c1-3-12-39(13-4-1)51-35-45(36-52(58-51)40-14-5-2-6-15-40)38-26-24-37(25-27-38)42-18-9-19-46(32-42)59-53-22-8-7-20-47(53)49-33-43(28-30-54(49)59)44-29-31-55-50(34-44)48-21-10-16-41-17-11-23-56(60-55)57(41)48/h1-36H. The highest BCUT2D eigenvalue weighted by Gasteiger charge is 2.20. The lowest BCUT2D eigenvalue weighted by molar-refractivity contribution is 1.18. The van der Waals surface area contributed by atoms with Gasteiger partial charge in [-0.3, -0.25) is 0 Å². The summed E-state index contributed by atoms with van der Waals surface area (Å²) >= 11 is 1.88. The Balaban J connectivity index is 0.908. The summed E-state index contributed by atoms with van der Waals surface area (Å²) < 4.78 is 2.42. The molecule has 0 fully saturated rings. The van der Waals surface area contributed by atoms with Crippen LogP contribution in [0.3, 0.4) is 0 Å². The molecule has 0 saturated carbocycles. The first-order chi connectivity index (χ1) is 29.7. The Kier molecular flexibility index (Phi) is 8.14. The van der Waals surface area contributed by atoms with Crippen molar-refractivity contribution in [3.8, 4) is 72.7 Å². The summed E-state index contributed by atoms with van der Waals surface area (Å²) in [4.78, 5) is 7.73. The molecule has 2 nitrogen and oxygen atoms in total. The first kappa shape index (κ1) is 34.6. The highest BCUT2D eigenvalue weighted by atomic mass is 32.2. The van der Waals surface area contributed by atoms with Crippen molar-refractivity contribution in [2.75, 3.05) is 0 Å². The van der Waals surface area contributed by atoms with Crippen LogP contribution >= 0.6 is 11.8 Å². The van der Waals surface area contributed by atoms with Crippen LogP contribution < -0.4 is 0 Å². The van der Waals surface area contributed by atoms with Gasteiger partial charge in [0.25, 0.3) is 0 Å². The molecule has 12 rings (SSSR count). The molecule has 11 aromatic rings. The molecule has 0 amide bonds. The fourth-order valence-electron chi connectivity index (χ4n) is 9.06. The number of benzene rings is 9. The average Bonchev–Trinajstić information content (AvgIpc) is 3.66. The van der Waals surface area contributed by atoms with E-state index in [9.17, 15) is 0 Å². The molecule has 0 spiro atoms. The topological polar surface area (TPSA) is 17.8 Å². The maximum absolute atomic E-state index is 5.09. The van der Waals surface area contributed by atoms with Crippen LogP contribution in [-0.4, -0.2) is 9.55 Å². The Morgan fingerprint density at radius 2 is 0.917 bits per heavy atom. The van der Waals surface area contributed by atoms with E-state index in [0.29, 0.717) is 0 Å². The van der Waals surface area contributed by atoms with Gasteiger partial charge in [-0.2, -0.15) is 0 Å². The largest absolute Gasteiger partial charge is 0.309 e. The van der Waals surface area contributed by atoms with E-state index in [1.165, 1.54) is 75.7 Å². The fourth-order valence-corrected chi connectivity index (χ4v) is 10.2. The first-order valence-corrected chi connectivity index (χ1v) is 21.3. The van der Waals surface area contributed by atoms with Crippen molar-refractivity contribution < 1.29 is 0 Å². The van der Waals surface area contributed by atoms with Crippen LogP contribution in [0.15, 0.2) is 228 Å². The third kappa shape index (κ3) is 5.86. The van der Waals surface area contributed by atoms with Crippen molar-refractivity contribution in [2.24, 2.45) is 0 Å². The minimum absolute atomic E-state index is 0.966. The summed E-state index contributed by atoms with van der Waals surface area (Å²) in [5.74, 6) is 0.